The summed E-state index contributed by atoms with van der Waals surface area (Å²) < 4.78 is 82.7. The average Bonchev–Trinajstić information content (AvgIpc) is 3.32. The topological polar surface area (TPSA) is 81.5 Å². The third kappa shape index (κ3) is 4.76. The summed E-state index contributed by atoms with van der Waals surface area (Å²) in [5.74, 6) is -1.46. The average molecular weight is 497 g/mol. The van der Waals surface area contributed by atoms with Crippen LogP contribution >= 0.6 is 0 Å². The fourth-order valence-electron chi connectivity index (χ4n) is 3.46. The number of halogens is 4. The van der Waals surface area contributed by atoms with Gasteiger partial charge in [-0.3, -0.25) is 4.79 Å². The van der Waals surface area contributed by atoms with E-state index in [0.29, 0.717) is 16.9 Å². The highest BCUT2D eigenvalue weighted by Gasteiger charge is 2.39. The van der Waals surface area contributed by atoms with Crippen LogP contribution in [0.4, 0.5) is 17.6 Å². The third-order valence-corrected chi connectivity index (χ3v) is 6.44. The summed E-state index contributed by atoms with van der Waals surface area (Å²) in [4.78, 5) is 14.3. The molecule has 0 aliphatic carbocycles. The molecule has 34 heavy (non-hydrogen) atoms. The Kier molecular flexibility index (Phi) is 5.88. The van der Waals surface area contributed by atoms with Gasteiger partial charge in [-0.25, -0.2) is 17.5 Å². The molecule has 0 bridgehead atoms. The molecule has 0 saturated heterocycles. The second kappa shape index (κ2) is 8.42. The van der Waals surface area contributed by atoms with E-state index < -0.39 is 33.8 Å². The number of carbonyl (C=O) groups is 1. The Labute approximate surface area is 192 Å². The summed E-state index contributed by atoms with van der Waals surface area (Å²) in [6.45, 7) is 0.953. The smallest absolute Gasteiger partial charge is 0.425 e. The van der Waals surface area contributed by atoms with Crippen molar-refractivity contribution >= 4 is 15.7 Å². The molecule has 3 aromatic rings. The van der Waals surface area contributed by atoms with Crippen molar-refractivity contribution in [3.8, 4) is 11.4 Å². The number of fused-ring (bicyclic) bond motifs is 1. The highest BCUT2D eigenvalue weighted by atomic mass is 32.2. The molecule has 0 N–H and O–H groups in total. The molecule has 1 amide bonds. The molecule has 2 heterocycles. The van der Waals surface area contributed by atoms with Crippen molar-refractivity contribution in [2.24, 2.45) is 0 Å². The van der Waals surface area contributed by atoms with Gasteiger partial charge in [0.2, 0.25) is 0 Å². The molecule has 0 unspecified atom stereocenters. The molecule has 180 valence electrons. The van der Waals surface area contributed by atoms with E-state index in [4.69, 9.17) is 4.74 Å². The molecular weight excluding hydrogens is 478 g/mol. The summed E-state index contributed by atoms with van der Waals surface area (Å²) in [7, 11) is -3.73. The maximum absolute atomic E-state index is 13.2. The Hall–Kier alpha value is -3.41. The number of alkyl halides is 3. The van der Waals surface area contributed by atoms with Gasteiger partial charge in [-0.15, -0.1) is 0 Å². The minimum atomic E-state index is -4.68. The number of ether oxygens (including phenoxy) is 1. The standard InChI is InChI=1S/C22H19F4N3O4S/c1-13(22(24,25)26)33-20-8-7-17(34(2,31)32)9-18(20)21(30)28-10-14-11-29(27-19(14)12-28)16-5-3-15(23)4-6-16/h3-9,11,13H,10,12H2,1-2H3/t13-/m0/s1. The van der Waals surface area contributed by atoms with Crippen LogP contribution in [0.5, 0.6) is 5.75 Å². The first-order chi connectivity index (χ1) is 15.8. The van der Waals surface area contributed by atoms with E-state index in [1.807, 2.05) is 0 Å². The summed E-state index contributed by atoms with van der Waals surface area (Å²) in [6.07, 6.45) is -4.29. The first-order valence-corrected chi connectivity index (χ1v) is 11.9. The van der Waals surface area contributed by atoms with Gasteiger partial charge in [0, 0.05) is 24.6 Å². The first kappa shape index (κ1) is 23.7. The first-order valence-electron chi connectivity index (χ1n) is 10.0. The number of rotatable bonds is 5. The van der Waals surface area contributed by atoms with E-state index in [1.165, 1.54) is 21.7 Å². The van der Waals surface area contributed by atoms with Crippen LogP contribution in [0.15, 0.2) is 53.6 Å². The normalized spacial score (nSPS) is 14.7. The summed E-state index contributed by atoms with van der Waals surface area (Å²) in [5.41, 5.74) is 1.58. The highest BCUT2D eigenvalue weighted by Crippen LogP contribution is 2.32. The second-order valence-electron chi connectivity index (χ2n) is 7.92. The van der Waals surface area contributed by atoms with Crippen LogP contribution in [0.25, 0.3) is 5.69 Å². The summed E-state index contributed by atoms with van der Waals surface area (Å²) >= 11 is 0. The minimum Gasteiger partial charge on any atom is -0.480 e. The quantitative estimate of drug-likeness (QED) is 0.500. The predicted molar refractivity (Wildman–Crippen MR) is 113 cm³/mol. The van der Waals surface area contributed by atoms with Crippen LogP contribution in [-0.4, -0.2) is 47.5 Å². The van der Waals surface area contributed by atoms with Crippen molar-refractivity contribution in [1.82, 2.24) is 14.7 Å². The minimum absolute atomic E-state index is 0.0553. The van der Waals surface area contributed by atoms with E-state index in [1.54, 1.807) is 18.3 Å². The van der Waals surface area contributed by atoms with Gasteiger partial charge in [-0.2, -0.15) is 18.3 Å². The Morgan fingerprint density at radius 1 is 1.12 bits per heavy atom. The molecule has 0 saturated carbocycles. The lowest BCUT2D eigenvalue weighted by atomic mass is 10.1. The Morgan fingerprint density at radius 3 is 2.38 bits per heavy atom. The van der Waals surface area contributed by atoms with Crippen molar-refractivity contribution in [2.75, 3.05) is 6.26 Å². The van der Waals surface area contributed by atoms with Gasteiger partial charge in [0.1, 0.15) is 11.6 Å². The fourth-order valence-corrected chi connectivity index (χ4v) is 4.11. The number of carbonyl (C=O) groups excluding carboxylic acids is 1. The lowest BCUT2D eigenvalue weighted by Gasteiger charge is -2.22. The zero-order valence-electron chi connectivity index (χ0n) is 18.0. The second-order valence-corrected chi connectivity index (χ2v) is 9.93. The lowest BCUT2D eigenvalue weighted by Crippen LogP contribution is -2.33. The van der Waals surface area contributed by atoms with Gasteiger partial charge < -0.3 is 9.64 Å². The third-order valence-electron chi connectivity index (χ3n) is 5.33. The molecule has 12 heteroatoms. The Balaban J connectivity index is 1.61. The van der Waals surface area contributed by atoms with E-state index in [2.05, 4.69) is 5.10 Å². The van der Waals surface area contributed by atoms with Crippen LogP contribution in [0, 0.1) is 5.82 Å². The highest BCUT2D eigenvalue weighted by molar-refractivity contribution is 7.90. The monoisotopic (exact) mass is 497 g/mol. The SMILES string of the molecule is C[C@H](Oc1ccc(S(C)(=O)=O)cc1C(=O)N1Cc2cn(-c3ccc(F)cc3)nc2C1)C(F)(F)F. The fraction of sp³-hybridized carbons (Fsp3) is 0.273. The van der Waals surface area contributed by atoms with E-state index in [9.17, 15) is 30.8 Å². The van der Waals surface area contributed by atoms with Gasteiger partial charge in [-0.05, 0) is 49.4 Å². The molecule has 1 atom stereocenters. The van der Waals surface area contributed by atoms with Crippen LogP contribution in [-0.2, 0) is 22.9 Å². The molecule has 7 nitrogen and oxygen atoms in total. The van der Waals surface area contributed by atoms with Gasteiger partial charge in [0.15, 0.2) is 15.9 Å². The molecule has 1 aliphatic rings. The van der Waals surface area contributed by atoms with E-state index >= 15 is 0 Å². The number of hydrogen-bond donors (Lipinski definition) is 0. The lowest BCUT2D eigenvalue weighted by molar-refractivity contribution is -0.189. The molecule has 4 rings (SSSR count). The van der Waals surface area contributed by atoms with Crippen LogP contribution in [0.1, 0.15) is 28.5 Å². The van der Waals surface area contributed by atoms with Crippen LogP contribution < -0.4 is 4.74 Å². The molecular formula is C22H19F4N3O4S. The van der Waals surface area contributed by atoms with E-state index in [0.717, 1.165) is 31.4 Å². The van der Waals surface area contributed by atoms with Crippen LogP contribution in [0.3, 0.4) is 0 Å². The van der Waals surface area contributed by atoms with Crippen molar-refractivity contribution in [3.05, 3.63) is 71.3 Å². The molecule has 1 aromatic heterocycles. The number of sulfone groups is 1. The number of amides is 1. The molecule has 0 radical (unpaired) electrons. The van der Waals surface area contributed by atoms with Crippen molar-refractivity contribution < 1.29 is 35.5 Å². The number of hydrogen-bond acceptors (Lipinski definition) is 5. The largest absolute Gasteiger partial charge is 0.480 e. The van der Waals surface area contributed by atoms with Gasteiger partial charge in [0.05, 0.1) is 28.4 Å². The predicted octanol–water partition coefficient (Wildman–Crippen LogP) is 3.90. The Morgan fingerprint density at radius 2 is 1.79 bits per heavy atom. The van der Waals surface area contributed by atoms with Crippen molar-refractivity contribution in [2.45, 2.75) is 37.2 Å². The maximum atomic E-state index is 13.2. The molecule has 2 aromatic carbocycles. The number of benzene rings is 2. The van der Waals surface area contributed by atoms with Gasteiger partial charge in [-0.1, -0.05) is 0 Å². The Bertz CT molecular complexity index is 1330. The van der Waals surface area contributed by atoms with Gasteiger partial charge in [0.25, 0.3) is 5.91 Å². The van der Waals surface area contributed by atoms with Crippen LogP contribution in [0.2, 0.25) is 0 Å². The number of aromatic nitrogens is 2. The maximum Gasteiger partial charge on any atom is 0.425 e. The molecule has 1 aliphatic heterocycles. The van der Waals surface area contributed by atoms with Crippen molar-refractivity contribution in [3.63, 3.8) is 0 Å². The zero-order chi connectivity index (χ0) is 24.8. The van der Waals surface area contributed by atoms with E-state index in [-0.39, 0.29) is 29.3 Å². The van der Waals surface area contributed by atoms with Crippen molar-refractivity contribution in [1.29, 1.82) is 0 Å². The summed E-state index contributed by atoms with van der Waals surface area (Å²) in [5, 5.41) is 4.40. The number of nitrogens with zero attached hydrogens (tertiary/aromatic N) is 3. The molecule has 0 fully saturated rings. The molecule has 0 spiro atoms. The van der Waals surface area contributed by atoms with Gasteiger partial charge >= 0.3 is 6.18 Å². The zero-order valence-corrected chi connectivity index (χ0v) is 18.8. The summed E-state index contributed by atoms with van der Waals surface area (Å²) in [6, 6.07) is 8.83.